The van der Waals surface area contributed by atoms with Gasteiger partial charge in [0.2, 0.25) is 4.33 Å². The molecule has 0 fully saturated rings. The zero-order chi connectivity index (χ0) is 17.0. The lowest BCUT2D eigenvalue weighted by molar-refractivity contribution is 0.630. The number of nitrogens with zero attached hydrogens (tertiary/aromatic N) is 2. The minimum Gasteiger partial charge on any atom is -0.234 e. The molecule has 120 valence electrons. The van der Waals surface area contributed by atoms with E-state index in [1.54, 1.807) is 12.1 Å². The highest BCUT2D eigenvalue weighted by Crippen LogP contribution is 2.33. The van der Waals surface area contributed by atoms with Crippen molar-refractivity contribution < 1.29 is 8.78 Å². The zero-order valence-corrected chi connectivity index (χ0v) is 14.3. The summed E-state index contributed by atoms with van der Waals surface area (Å²) in [7, 11) is 0. The molecule has 0 spiro atoms. The molecule has 0 radical (unpaired) electrons. The van der Waals surface area contributed by atoms with E-state index in [1.807, 2.05) is 0 Å². The Kier molecular flexibility index (Phi) is 5.98. The van der Waals surface area contributed by atoms with Crippen LogP contribution < -0.4 is 0 Å². The lowest BCUT2D eigenvalue weighted by Gasteiger charge is -2.16. The van der Waals surface area contributed by atoms with Crippen molar-refractivity contribution in [3.63, 3.8) is 0 Å². The van der Waals surface area contributed by atoms with Crippen LogP contribution in [0, 0.1) is 11.6 Å². The van der Waals surface area contributed by atoms with E-state index >= 15 is 0 Å². The second-order valence-corrected chi connectivity index (χ2v) is 6.33. The van der Waals surface area contributed by atoms with Gasteiger partial charge in [-0.2, -0.15) is 0 Å². The SMILES string of the molecule is Fc1ccccc1/N=C(\Cl)C(Cl)(Cl)/C(Cl)=N\c1ccccc1F. The maximum atomic E-state index is 13.6. The first-order valence-corrected chi connectivity index (χ1v) is 7.69. The lowest BCUT2D eigenvalue weighted by atomic mass is 10.3. The third kappa shape index (κ3) is 4.42. The highest BCUT2D eigenvalue weighted by atomic mass is 35.5. The summed E-state index contributed by atoms with van der Waals surface area (Å²) in [6.45, 7) is 0. The van der Waals surface area contributed by atoms with E-state index < -0.39 is 26.3 Å². The van der Waals surface area contributed by atoms with Crippen LogP contribution in [-0.4, -0.2) is 14.7 Å². The van der Waals surface area contributed by atoms with Crippen LogP contribution in [0.1, 0.15) is 0 Å². The predicted octanol–water partition coefficient (Wildman–Crippen LogP) is 6.38. The van der Waals surface area contributed by atoms with Gasteiger partial charge in [0, 0.05) is 0 Å². The van der Waals surface area contributed by atoms with E-state index in [-0.39, 0.29) is 11.4 Å². The van der Waals surface area contributed by atoms with E-state index in [9.17, 15) is 8.78 Å². The second kappa shape index (κ2) is 7.58. The Morgan fingerprint density at radius 2 is 1.09 bits per heavy atom. The van der Waals surface area contributed by atoms with E-state index in [4.69, 9.17) is 46.4 Å². The number of benzene rings is 2. The standard InChI is InChI=1S/C15H8Cl4F2N2/c16-13(22-11-7-3-1-5-9(11)20)15(18,19)14(17)23-12-8-4-2-6-10(12)21/h1-8H/b22-13-,23-14+. The molecular formula is C15H8Cl4F2N2. The van der Waals surface area contributed by atoms with Gasteiger partial charge >= 0.3 is 0 Å². The van der Waals surface area contributed by atoms with Gasteiger partial charge in [-0.15, -0.1) is 0 Å². The first-order valence-electron chi connectivity index (χ1n) is 6.18. The molecule has 0 saturated heterocycles. The van der Waals surface area contributed by atoms with Crippen molar-refractivity contribution in [1.82, 2.24) is 0 Å². The van der Waals surface area contributed by atoms with Crippen molar-refractivity contribution in [2.24, 2.45) is 9.98 Å². The Hall–Kier alpha value is -1.20. The fourth-order valence-corrected chi connectivity index (χ4v) is 2.10. The molecular weight excluding hydrogens is 388 g/mol. The van der Waals surface area contributed by atoms with Crippen LogP contribution >= 0.6 is 46.4 Å². The maximum absolute atomic E-state index is 13.6. The Morgan fingerprint density at radius 3 is 1.43 bits per heavy atom. The van der Waals surface area contributed by atoms with E-state index in [0.717, 1.165) is 0 Å². The summed E-state index contributed by atoms with van der Waals surface area (Å²) in [6.07, 6.45) is 0. The van der Waals surface area contributed by atoms with Gasteiger partial charge in [0.15, 0.2) is 0 Å². The summed E-state index contributed by atoms with van der Waals surface area (Å²) in [5.74, 6) is -1.23. The molecule has 8 heteroatoms. The predicted molar refractivity (Wildman–Crippen MR) is 93.1 cm³/mol. The molecule has 2 aromatic rings. The summed E-state index contributed by atoms with van der Waals surface area (Å²) >= 11 is 24.0. The van der Waals surface area contributed by atoms with Crippen molar-refractivity contribution in [2.75, 3.05) is 0 Å². The molecule has 0 aliphatic rings. The number of rotatable bonds is 4. The fraction of sp³-hybridized carbons (Fsp3) is 0.0667. The van der Waals surface area contributed by atoms with E-state index in [0.29, 0.717) is 0 Å². The smallest absolute Gasteiger partial charge is 0.222 e. The first-order chi connectivity index (χ1) is 10.8. The molecule has 0 saturated carbocycles. The first kappa shape index (κ1) is 18.1. The molecule has 0 heterocycles. The van der Waals surface area contributed by atoms with Crippen molar-refractivity contribution >= 4 is 68.1 Å². The maximum Gasteiger partial charge on any atom is 0.222 e. The average Bonchev–Trinajstić information content (AvgIpc) is 2.51. The van der Waals surface area contributed by atoms with Crippen LogP contribution in [0.5, 0.6) is 0 Å². The summed E-state index contributed by atoms with van der Waals surface area (Å²) in [5, 5.41) is -0.841. The molecule has 0 amide bonds. The minimum atomic E-state index is -2.05. The minimum absolute atomic E-state index is 0.0708. The third-order valence-electron chi connectivity index (χ3n) is 2.66. The molecule has 0 aromatic heterocycles. The highest BCUT2D eigenvalue weighted by Gasteiger charge is 2.36. The normalized spacial score (nSPS) is 13.3. The Labute approximate surface area is 151 Å². The fourth-order valence-electron chi connectivity index (χ4n) is 1.52. The van der Waals surface area contributed by atoms with Crippen LogP contribution in [0.2, 0.25) is 0 Å². The second-order valence-electron chi connectivity index (χ2n) is 4.28. The van der Waals surface area contributed by atoms with Crippen molar-refractivity contribution in [2.45, 2.75) is 4.33 Å². The van der Waals surface area contributed by atoms with Crippen molar-refractivity contribution in [1.29, 1.82) is 0 Å². The van der Waals surface area contributed by atoms with Gasteiger partial charge in [0.05, 0.1) is 0 Å². The number of alkyl halides is 2. The molecule has 23 heavy (non-hydrogen) atoms. The molecule has 0 aliphatic heterocycles. The number of aliphatic imine (C=N–C) groups is 2. The average molecular weight is 396 g/mol. The van der Waals surface area contributed by atoms with Crippen LogP contribution in [-0.2, 0) is 0 Å². The molecule has 2 aromatic carbocycles. The van der Waals surface area contributed by atoms with Crippen LogP contribution in [0.3, 0.4) is 0 Å². The quantitative estimate of drug-likeness (QED) is 0.424. The van der Waals surface area contributed by atoms with Gasteiger partial charge in [0.1, 0.15) is 33.4 Å². The Morgan fingerprint density at radius 1 is 0.739 bits per heavy atom. The number of hydrogen-bond acceptors (Lipinski definition) is 2. The summed E-state index contributed by atoms with van der Waals surface area (Å²) in [6, 6.07) is 11.3. The van der Waals surface area contributed by atoms with Crippen molar-refractivity contribution in [3.05, 3.63) is 60.2 Å². The van der Waals surface area contributed by atoms with E-state index in [1.165, 1.54) is 36.4 Å². The zero-order valence-electron chi connectivity index (χ0n) is 11.3. The molecule has 2 nitrogen and oxygen atoms in total. The Balaban J connectivity index is 2.37. The summed E-state index contributed by atoms with van der Waals surface area (Å²) in [5.41, 5.74) is -0.142. The monoisotopic (exact) mass is 394 g/mol. The van der Waals surface area contributed by atoms with Crippen LogP contribution in [0.4, 0.5) is 20.2 Å². The van der Waals surface area contributed by atoms with Gasteiger partial charge < -0.3 is 0 Å². The summed E-state index contributed by atoms with van der Waals surface area (Å²) < 4.78 is 25.1. The van der Waals surface area contributed by atoms with Gasteiger partial charge in [-0.3, -0.25) is 0 Å². The van der Waals surface area contributed by atoms with Crippen molar-refractivity contribution in [3.8, 4) is 0 Å². The topological polar surface area (TPSA) is 24.7 Å². The molecule has 0 aliphatic carbocycles. The Bertz CT molecular complexity index is 712. The molecule has 2 rings (SSSR count). The largest absolute Gasteiger partial charge is 0.234 e. The number of para-hydroxylation sites is 2. The van der Waals surface area contributed by atoms with Gasteiger partial charge in [-0.1, -0.05) is 70.7 Å². The molecule has 0 N–H and O–H groups in total. The molecule has 0 unspecified atom stereocenters. The van der Waals surface area contributed by atoms with Crippen LogP contribution in [0.25, 0.3) is 0 Å². The summed E-state index contributed by atoms with van der Waals surface area (Å²) in [4.78, 5) is 7.60. The van der Waals surface area contributed by atoms with Gasteiger partial charge in [-0.25, -0.2) is 18.8 Å². The number of hydrogen-bond donors (Lipinski definition) is 0. The van der Waals surface area contributed by atoms with Gasteiger partial charge in [0.25, 0.3) is 0 Å². The lowest BCUT2D eigenvalue weighted by Crippen LogP contribution is -2.29. The molecule has 0 bridgehead atoms. The van der Waals surface area contributed by atoms with Crippen LogP contribution in [0.15, 0.2) is 58.5 Å². The highest BCUT2D eigenvalue weighted by molar-refractivity contribution is 6.93. The van der Waals surface area contributed by atoms with E-state index in [2.05, 4.69) is 9.98 Å². The van der Waals surface area contributed by atoms with Gasteiger partial charge in [-0.05, 0) is 24.3 Å². The number of halogens is 6. The third-order valence-corrected chi connectivity index (χ3v) is 4.50. The molecule has 0 atom stereocenters.